The van der Waals surface area contributed by atoms with E-state index in [0.717, 1.165) is 6.07 Å². The Morgan fingerprint density at radius 1 is 1.20 bits per heavy atom. The lowest BCUT2D eigenvalue weighted by Gasteiger charge is -2.11. The van der Waals surface area contributed by atoms with E-state index >= 15 is 0 Å². The van der Waals surface area contributed by atoms with Crippen LogP contribution in [0.3, 0.4) is 0 Å². The van der Waals surface area contributed by atoms with Gasteiger partial charge in [-0.2, -0.15) is 0 Å². The molecule has 0 amide bonds. The summed E-state index contributed by atoms with van der Waals surface area (Å²) in [6, 6.07) is 1.20. The van der Waals surface area contributed by atoms with Gasteiger partial charge in [0.1, 0.15) is 5.82 Å². The normalized spacial score (nSPS) is 12.6. The molecule has 2 N–H and O–H groups in total. The summed E-state index contributed by atoms with van der Waals surface area (Å²) in [6.45, 7) is 1.85. The molecule has 0 aliphatic carbocycles. The number of rotatable bonds is 4. The topological polar surface area (TPSA) is 32.3 Å². The predicted molar refractivity (Wildman–Crippen MR) is 51.1 cm³/mol. The fourth-order valence-corrected chi connectivity index (χ4v) is 1.03. The summed E-state index contributed by atoms with van der Waals surface area (Å²) in [4.78, 5) is 0. The third kappa shape index (κ3) is 3.13. The standard InChI is InChI=1S/C10H12F3NO/c1-2-6(15)5-14-10-4-8(12)7(11)3-9(10)13/h3-4,6,14-15H,2,5H2,1H3. The molecule has 1 aromatic rings. The van der Waals surface area contributed by atoms with Crippen molar-refractivity contribution in [2.45, 2.75) is 19.4 Å². The van der Waals surface area contributed by atoms with E-state index < -0.39 is 23.6 Å². The lowest BCUT2D eigenvalue weighted by atomic mass is 10.2. The number of anilines is 1. The molecule has 0 saturated heterocycles. The van der Waals surface area contributed by atoms with Gasteiger partial charge in [0.2, 0.25) is 0 Å². The van der Waals surface area contributed by atoms with Gasteiger partial charge in [0.05, 0.1) is 11.8 Å². The molecule has 84 valence electrons. The smallest absolute Gasteiger partial charge is 0.161 e. The summed E-state index contributed by atoms with van der Waals surface area (Å²) in [5.74, 6) is -3.23. The largest absolute Gasteiger partial charge is 0.391 e. The van der Waals surface area contributed by atoms with Crippen LogP contribution in [0.5, 0.6) is 0 Å². The second kappa shape index (κ2) is 5.02. The van der Waals surface area contributed by atoms with Crippen LogP contribution < -0.4 is 5.32 Å². The maximum Gasteiger partial charge on any atom is 0.161 e. The molecular formula is C10H12F3NO. The highest BCUT2D eigenvalue weighted by molar-refractivity contribution is 5.45. The highest BCUT2D eigenvalue weighted by atomic mass is 19.2. The molecule has 1 rings (SSSR count). The van der Waals surface area contributed by atoms with E-state index in [2.05, 4.69) is 5.32 Å². The Bertz CT molecular complexity index is 344. The van der Waals surface area contributed by atoms with E-state index in [9.17, 15) is 18.3 Å². The minimum Gasteiger partial charge on any atom is -0.391 e. The molecule has 0 radical (unpaired) electrons. The summed E-state index contributed by atoms with van der Waals surface area (Å²) in [5.41, 5.74) is -0.151. The zero-order chi connectivity index (χ0) is 11.4. The first kappa shape index (κ1) is 11.8. The predicted octanol–water partition coefficient (Wildman–Crippen LogP) is 2.29. The Kier molecular flexibility index (Phi) is 3.96. The third-order valence-corrected chi connectivity index (χ3v) is 2.01. The fraction of sp³-hybridized carbons (Fsp3) is 0.400. The van der Waals surface area contributed by atoms with Crippen LogP contribution in [0, 0.1) is 17.5 Å². The van der Waals surface area contributed by atoms with Gasteiger partial charge in [0.25, 0.3) is 0 Å². The average Bonchev–Trinajstić information content (AvgIpc) is 2.21. The van der Waals surface area contributed by atoms with Crippen LogP contribution in [0.2, 0.25) is 0 Å². The van der Waals surface area contributed by atoms with E-state index in [1.165, 1.54) is 0 Å². The van der Waals surface area contributed by atoms with Gasteiger partial charge in [-0.25, -0.2) is 13.2 Å². The van der Waals surface area contributed by atoms with Gasteiger partial charge < -0.3 is 10.4 Å². The summed E-state index contributed by atoms with van der Waals surface area (Å²) < 4.78 is 38.3. The second-order valence-corrected chi connectivity index (χ2v) is 3.19. The van der Waals surface area contributed by atoms with Crippen molar-refractivity contribution in [1.29, 1.82) is 0 Å². The van der Waals surface area contributed by atoms with Gasteiger partial charge in [-0.15, -0.1) is 0 Å². The van der Waals surface area contributed by atoms with Crippen LogP contribution >= 0.6 is 0 Å². The van der Waals surface area contributed by atoms with Crippen LogP contribution in [0.25, 0.3) is 0 Å². The maximum absolute atomic E-state index is 13.0. The van der Waals surface area contributed by atoms with Crippen molar-refractivity contribution in [2.75, 3.05) is 11.9 Å². The number of benzene rings is 1. The monoisotopic (exact) mass is 219 g/mol. The zero-order valence-electron chi connectivity index (χ0n) is 8.23. The minimum atomic E-state index is -1.23. The van der Waals surface area contributed by atoms with Crippen molar-refractivity contribution < 1.29 is 18.3 Å². The van der Waals surface area contributed by atoms with E-state index in [4.69, 9.17) is 0 Å². The molecule has 0 aliphatic heterocycles. The Morgan fingerprint density at radius 2 is 1.80 bits per heavy atom. The van der Waals surface area contributed by atoms with E-state index in [1.54, 1.807) is 6.92 Å². The van der Waals surface area contributed by atoms with Gasteiger partial charge >= 0.3 is 0 Å². The molecule has 0 bridgehead atoms. The number of hydrogen-bond acceptors (Lipinski definition) is 2. The van der Waals surface area contributed by atoms with Crippen LogP contribution in [-0.2, 0) is 0 Å². The quantitative estimate of drug-likeness (QED) is 0.761. The fourth-order valence-electron chi connectivity index (χ4n) is 1.03. The second-order valence-electron chi connectivity index (χ2n) is 3.19. The van der Waals surface area contributed by atoms with Crippen molar-refractivity contribution in [3.63, 3.8) is 0 Å². The summed E-state index contributed by atoms with van der Waals surface area (Å²) in [7, 11) is 0. The zero-order valence-corrected chi connectivity index (χ0v) is 8.23. The van der Waals surface area contributed by atoms with Gasteiger partial charge in [-0.05, 0) is 6.42 Å². The first-order valence-electron chi connectivity index (χ1n) is 4.61. The molecule has 15 heavy (non-hydrogen) atoms. The first-order chi connectivity index (χ1) is 7.04. The summed E-state index contributed by atoms with van der Waals surface area (Å²) >= 11 is 0. The molecule has 0 saturated carbocycles. The molecule has 0 spiro atoms. The van der Waals surface area contributed by atoms with Gasteiger partial charge in [0.15, 0.2) is 11.6 Å². The summed E-state index contributed by atoms with van der Waals surface area (Å²) in [6.07, 6.45) is -0.143. The van der Waals surface area contributed by atoms with Crippen molar-refractivity contribution in [1.82, 2.24) is 0 Å². The molecule has 1 aromatic carbocycles. The van der Waals surface area contributed by atoms with Crippen molar-refractivity contribution in [2.24, 2.45) is 0 Å². The SMILES string of the molecule is CCC(O)CNc1cc(F)c(F)cc1F. The van der Waals surface area contributed by atoms with Gasteiger partial charge in [0, 0.05) is 18.7 Å². The van der Waals surface area contributed by atoms with Gasteiger partial charge in [-0.3, -0.25) is 0 Å². The molecule has 1 atom stereocenters. The Balaban J connectivity index is 2.73. The molecule has 0 heterocycles. The van der Waals surface area contributed by atoms with E-state index in [0.29, 0.717) is 12.5 Å². The molecule has 0 fully saturated rings. The minimum absolute atomic E-state index is 0.0957. The molecule has 0 aliphatic rings. The lowest BCUT2D eigenvalue weighted by Crippen LogP contribution is -2.19. The number of aliphatic hydroxyl groups excluding tert-OH is 1. The van der Waals surface area contributed by atoms with E-state index in [-0.39, 0.29) is 12.2 Å². The van der Waals surface area contributed by atoms with Crippen molar-refractivity contribution in [3.8, 4) is 0 Å². The van der Waals surface area contributed by atoms with Crippen LogP contribution in [-0.4, -0.2) is 17.8 Å². The number of nitrogens with one attached hydrogen (secondary N) is 1. The number of halogens is 3. The first-order valence-corrected chi connectivity index (χ1v) is 4.61. The number of hydrogen-bond donors (Lipinski definition) is 2. The van der Waals surface area contributed by atoms with Gasteiger partial charge in [-0.1, -0.05) is 6.92 Å². The van der Waals surface area contributed by atoms with Crippen LogP contribution in [0.15, 0.2) is 12.1 Å². The highest BCUT2D eigenvalue weighted by Crippen LogP contribution is 2.18. The lowest BCUT2D eigenvalue weighted by molar-refractivity contribution is 0.183. The molecular weight excluding hydrogens is 207 g/mol. The molecule has 0 aromatic heterocycles. The maximum atomic E-state index is 13.0. The Hall–Kier alpha value is -1.23. The van der Waals surface area contributed by atoms with E-state index in [1.807, 2.05) is 0 Å². The van der Waals surface area contributed by atoms with Crippen LogP contribution in [0.4, 0.5) is 18.9 Å². The molecule has 2 nitrogen and oxygen atoms in total. The van der Waals surface area contributed by atoms with Crippen LogP contribution in [0.1, 0.15) is 13.3 Å². The Morgan fingerprint density at radius 3 is 2.40 bits per heavy atom. The van der Waals surface area contributed by atoms with Crippen molar-refractivity contribution >= 4 is 5.69 Å². The third-order valence-electron chi connectivity index (χ3n) is 2.01. The average molecular weight is 219 g/mol. The number of aliphatic hydroxyl groups is 1. The summed E-state index contributed by atoms with van der Waals surface area (Å²) in [5, 5.41) is 11.7. The Labute approximate surface area is 85.7 Å². The van der Waals surface area contributed by atoms with Crippen molar-refractivity contribution in [3.05, 3.63) is 29.6 Å². The molecule has 1 unspecified atom stereocenters. The molecule has 5 heteroatoms. The highest BCUT2D eigenvalue weighted by Gasteiger charge is 2.10.